The average Bonchev–Trinajstić information content (AvgIpc) is 3.15. The molecule has 162 valence electrons. The number of likely N-dealkylation sites (N-methyl/N-ethyl adjacent to an activating group) is 1. The maximum Gasteiger partial charge on any atom is 0.235 e. The van der Waals surface area contributed by atoms with Crippen molar-refractivity contribution in [2.24, 2.45) is 0 Å². The molecule has 0 saturated carbocycles. The van der Waals surface area contributed by atoms with Gasteiger partial charge in [0.05, 0.1) is 19.8 Å². The first kappa shape index (κ1) is 20.3. The molecule has 0 aliphatic carbocycles. The molecule has 5 nitrogen and oxygen atoms in total. The van der Waals surface area contributed by atoms with Crippen LogP contribution in [0.15, 0.2) is 60.4 Å². The number of ketones is 1. The van der Waals surface area contributed by atoms with Gasteiger partial charge in [-0.05, 0) is 41.5 Å². The molecule has 5 heteroatoms. The summed E-state index contributed by atoms with van der Waals surface area (Å²) in [5.74, 6) is 1.74. The Balaban J connectivity index is 1.66. The molecule has 0 bridgehead atoms. The minimum Gasteiger partial charge on any atom is -0.496 e. The van der Waals surface area contributed by atoms with Gasteiger partial charge < -0.3 is 19.1 Å². The summed E-state index contributed by atoms with van der Waals surface area (Å²) >= 11 is 0. The van der Waals surface area contributed by atoms with Crippen LogP contribution in [0, 0.1) is 0 Å². The van der Waals surface area contributed by atoms with Gasteiger partial charge >= 0.3 is 0 Å². The third-order valence-corrected chi connectivity index (χ3v) is 6.16. The van der Waals surface area contributed by atoms with Crippen LogP contribution in [0.2, 0.25) is 0 Å². The van der Waals surface area contributed by atoms with Crippen molar-refractivity contribution in [3.05, 3.63) is 77.1 Å². The molecule has 3 aromatic carbocycles. The zero-order chi connectivity index (χ0) is 22.2. The van der Waals surface area contributed by atoms with Crippen LogP contribution in [0.4, 0.5) is 0 Å². The number of rotatable bonds is 4. The van der Waals surface area contributed by atoms with E-state index in [0.29, 0.717) is 22.8 Å². The minimum atomic E-state index is -0.179. The van der Waals surface area contributed by atoms with Crippen molar-refractivity contribution in [2.45, 2.75) is 6.42 Å². The first-order chi connectivity index (χ1) is 15.6. The Morgan fingerprint density at radius 2 is 1.75 bits per heavy atom. The predicted molar refractivity (Wildman–Crippen MR) is 127 cm³/mol. The van der Waals surface area contributed by atoms with E-state index in [2.05, 4.69) is 30.2 Å². The molecule has 0 amide bonds. The van der Waals surface area contributed by atoms with E-state index in [1.54, 1.807) is 20.3 Å². The number of fused-ring (bicyclic) bond motifs is 2. The molecular formula is C27H25NO4. The Morgan fingerprint density at radius 1 is 1.00 bits per heavy atom. The van der Waals surface area contributed by atoms with Gasteiger partial charge in [-0.2, -0.15) is 0 Å². The third kappa shape index (κ3) is 3.35. The van der Waals surface area contributed by atoms with Gasteiger partial charge in [0.2, 0.25) is 5.78 Å². The SMILES string of the molecule is COc1cc(OC)c(C2=CCN(C)CC2)c2c1C(=O)/C(=C\c1cccc3ccccc13)O2. The molecule has 5 rings (SSSR count). The molecule has 3 aromatic rings. The van der Waals surface area contributed by atoms with Crippen LogP contribution in [0.25, 0.3) is 22.4 Å². The Labute approximate surface area is 187 Å². The van der Waals surface area contributed by atoms with E-state index in [1.165, 1.54) is 0 Å². The number of carbonyl (C=O) groups excluding carboxylic acids is 1. The lowest BCUT2D eigenvalue weighted by Gasteiger charge is -2.24. The lowest BCUT2D eigenvalue weighted by molar-refractivity contribution is 0.101. The maximum absolute atomic E-state index is 13.5. The number of ether oxygens (including phenoxy) is 3. The molecule has 0 aromatic heterocycles. The first-order valence-corrected chi connectivity index (χ1v) is 10.7. The fourth-order valence-corrected chi connectivity index (χ4v) is 4.45. The lowest BCUT2D eigenvalue weighted by Crippen LogP contribution is -2.23. The van der Waals surface area contributed by atoms with E-state index in [1.807, 2.05) is 36.4 Å². The summed E-state index contributed by atoms with van der Waals surface area (Å²) in [5.41, 5.74) is 3.35. The van der Waals surface area contributed by atoms with Crippen molar-refractivity contribution in [1.82, 2.24) is 4.90 Å². The van der Waals surface area contributed by atoms with Gasteiger partial charge in [0, 0.05) is 19.2 Å². The summed E-state index contributed by atoms with van der Waals surface area (Å²) in [6.45, 7) is 1.77. The topological polar surface area (TPSA) is 48.0 Å². The summed E-state index contributed by atoms with van der Waals surface area (Å²) in [5, 5.41) is 2.18. The fourth-order valence-electron chi connectivity index (χ4n) is 4.45. The van der Waals surface area contributed by atoms with Gasteiger partial charge in [-0.3, -0.25) is 4.79 Å². The number of allylic oxidation sites excluding steroid dienone is 1. The standard InChI is InChI=1S/C27H25NO4/c1-28-13-11-18(12-14-28)24-21(30-2)16-22(31-3)25-26(29)23(32-27(24)25)15-19-9-6-8-17-7-4-5-10-20(17)19/h4-11,15-16H,12-14H2,1-3H3/b23-15+. The number of carbonyl (C=O) groups is 1. The van der Waals surface area contributed by atoms with Gasteiger partial charge in [-0.25, -0.2) is 0 Å². The second-order valence-electron chi connectivity index (χ2n) is 8.11. The number of benzene rings is 3. The summed E-state index contributed by atoms with van der Waals surface area (Å²) < 4.78 is 17.5. The molecule has 0 unspecified atom stereocenters. The molecule has 2 aliphatic heterocycles. The van der Waals surface area contributed by atoms with Crippen LogP contribution < -0.4 is 14.2 Å². The van der Waals surface area contributed by atoms with Crippen LogP contribution in [0.3, 0.4) is 0 Å². The van der Waals surface area contributed by atoms with E-state index in [0.717, 1.165) is 47.0 Å². The zero-order valence-corrected chi connectivity index (χ0v) is 18.5. The Bertz CT molecular complexity index is 1280. The van der Waals surface area contributed by atoms with E-state index in [4.69, 9.17) is 14.2 Å². The van der Waals surface area contributed by atoms with Crippen LogP contribution >= 0.6 is 0 Å². The van der Waals surface area contributed by atoms with Crippen molar-refractivity contribution < 1.29 is 19.0 Å². The number of hydrogen-bond acceptors (Lipinski definition) is 5. The number of Topliss-reactive ketones (excluding diaryl/α,β-unsaturated/α-hetero) is 1. The molecule has 2 aliphatic rings. The third-order valence-electron chi connectivity index (χ3n) is 6.16. The van der Waals surface area contributed by atoms with Crippen molar-refractivity contribution in [1.29, 1.82) is 0 Å². The van der Waals surface area contributed by atoms with E-state index >= 15 is 0 Å². The highest BCUT2D eigenvalue weighted by Crippen LogP contribution is 2.49. The highest BCUT2D eigenvalue weighted by Gasteiger charge is 2.36. The highest BCUT2D eigenvalue weighted by molar-refractivity contribution is 6.18. The average molecular weight is 428 g/mol. The van der Waals surface area contributed by atoms with Crippen LogP contribution in [-0.4, -0.2) is 45.0 Å². The van der Waals surface area contributed by atoms with Crippen molar-refractivity contribution in [2.75, 3.05) is 34.4 Å². The van der Waals surface area contributed by atoms with Crippen molar-refractivity contribution >= 4 is 28.2 Å². The Morgan fingerprint density at radius 3 is 2.50 bits per heavy atom. The molecule has 0 fully saturated rings. The molecule has 2 heterocycles. The molecule has 32 heavy (non-hydrogen) atoms. The van der Waals surface area contributed by atoms with Crippen LogP contribution in [0.1, 0.15) is 27.9 Å². The lowest BCUT2D eigenvalue weighted by atomic mass is 9.94. The Hall–Kier alpha value is -3.57. The molecule has 0 N–H and O–H groups in total. The smallest absolute Gasteiger partial charge is 0.235 e. The number of hydrogen-bond donors (Lipinski definition) is 0. The van der Waals surface area contributed by atoms with Gasteiger partial charge in [-0.1, -0.05) is 48.5 Å². The highest BCUT2D eigenvalue weighted by atomic mass is 16.5. The monoisotopic (exact) mass is 427 g/mol. The fraction of sp³-hybridized carbons (Fsp3) is 0.222. The van der Waals surface area contributed by atoms with Gasteiger partial charge in [0.15, 0.2) is 11.5 Å². The normalized spacial score (nSPS) is 17.3. The molecule has 0 saturated heterocycles. The number of nitrogens with zero attached hydrogens (tertiary/aromatic N) is 1. The van der Waals surface area contributed by atoms with Crippen LogP contribution in [0.5, 0.6) is 17.2 Å². The first-order valence-electron chi connectivity index (χ1n) is 10.7. The largest absolute Gasteiger partial charge is 0.496 e. The van der Waals surface area contributed by atoms with Gasteiger partial charge in [-0.15, -0.1) is 0 Å². The van der Waals surface area contributed by atoms with Gasteiger partial charge in [0.1, 0.15) is 17.1 Å². The zero-order valence-electron chi connectivity index (χ0n) is 18.5. The predicted octanol–water partition coefficient (Wildman–Crippen LogP) is 5.19. The summed E-state index contributed by atoms with van der Waals surface area (Å²) in [6, 6.07) is 15.9. The minimum absolute atomic E-state index is 0.179. The summed E-state index contributed by atoms with van der Waals surface area (Å²) in [7, 11) is 5.28. The Kier molecular flexibility index (Phi) is 5.19. The quantitative estimate of drug-likeness (QED) is 0.536. The summed E-state index contributed by atoms with van der Waals surface area (Å²) in [6.07, 6.45) is 4.85. The van der Waals surface area contributed by atoms with Crippen molar-refractivity contribution in [3.8, 4) is 17.2 Å². The second-order valence-corrected chi connectivity index (χ2v) is 8.11. The molecular weight excluding hydrogens is 402 g/mol. The van der Waals surface area contributed by atoms with E-state index in [-0.39, 0.29) is 11.5 Å². The van der Waals surface area contributed by atoms with Crippen LogP contribution in [-0.2, 0) is 0 Å². The molecule has 0 atom stereocenters. The maximum atomic E-state index is 13.5. The van der Waals surface area contributed by atoms with E-state index in [9.17, 15) is 4.79 Å². The van der Waals surface area contributed by atoms with Crippen molar-refractivity contribution in [3.63, 3.8) is 0 Å². The number of methoxy groups -OCH3 is 2. The second kappa shape index (κ2) is 8.17. The summed E-state index contributed by atoms with van der Waals surface area (Å²) in [4.78, 5) is 15.7. The molecule has 0 spiro atoms. The molecule has 0 radical (unpaired) electrons. The van der Waals surface area contributed by atoms with Gasteiger partial charge in [0.25, 0.3) is 0 Å². The van der Waals surface area contributed by atoms with E-state index < -0.39 is 0 Å².